The summed E-state index contributed by atoms with van der Waals surface area (Å²) < 4.78 is 5.67. The van der Waals surface area contributed by atoms with Crippen LogP contribution in [0.4, 0.5) is 0 Å². The van der Waals surface area contributed by atoms with Gasteiger partial charge < -0.3 is 14.8 Å². The summed E-state index contributed by atoms with van der Waals surface area (Å²) in [5.74, 6) is 0.682. The minimum absolute atomic E-state index is 0.0234. The SMILES string of the molecule is CCC(=NO)c1ccc(OC2CCN(C)C2=O)cc1. The van der Waals surface area contributed by atoms with Gasteiger partial charge in [0.2, 0.25) is 0 Å². The van der Waals surface area contributed by atoms with Gasteiger partial charge >= 0.3 is 0 Å². The molecule has 1 unspecified atom stereocenters. The molecule has 0 bridgehead atoms. The van der Waals surface area contributed by atoms with Crippen molar-refractivity contribution in [2.45, 2.75) is 25.9 Å². The largest absolute Gasteiger partial charge is 0.481 e. The summed E-state index contributed by atoms with van der Waals surface area (Å²) in [5.41, 5.74) is 1.48. The Morgan fingerprint density at radius 2 is 2.16 bits per heavy atom. The molecule has 102 valence electrons. The van der Waals surface area contributed by atoms with Crippen molar-refractivity contribution in [1.82, 2.24) is 4.90 Å². The van der Waals surface area contributed by atoms with Crippen molar-refractivity contribution in [2.75, 3.05) is 13.6 Å². The molecule has 0 aromatic heterocycles. The number of hydrogen-bond acceptors (Lipinski definition) is 4. The Balaban J connectivity index is 2.05. The van der Waals surface area contributed by atoms with Gasteiger partial charge in [0.1, 0.15) is 5.75 Å². The molecule has 1 amide bonds. The molecule has 1 aromatic carbocycles. The summed E-state index contributed by atoms with van der Waals surface area (Å²) in [5, 5.41) is 12.1. The molecule has 0 radical (unpaired) electrons. The normalized spacial score (nSPS) is 19.9. The molecule has 1 aliphatic rings. The van der Waals surface area contributed by atoms with E-state index < -0.39 is 0 Å². The highest BCUT2D eigenvalue weighted by atomic mass is 16.5. The third kappa shape index (κ3) is 2.86. The van der Waals surface area contributed by atoms with Gasteiger partial charge in [-0.3, -0.25) is 4.79 Å². The van der Waals surface area contributed by atoms with E-state index in [-0.39, 0.29) is 12.0 Å². The first-order valence-corrected chi connectivity index (χ1v) is 6.38. The Hall–Kier alpha value is -2.04. The van der Waals surface area contributed by atoms with Crippen molar-refractivity contribution < 1.29 is 14.7 Å². The van der Waals surface area contributed by atoms with Crippen molar-refractivity contribution in [3.63, 3.8) is 0 Å². The Morgan fingerprint density at radius 1 is 1.47 bits per heavy atom. The van der Waals surface area contributed by atoms with E-state index in [4.69, 9.17) is 9.94 Å². The third-order valence-electron chi connectivity index (χ3n) is 3.30. The van der Waals surface area contributed by atoms with Gasteiger partial charge in [0.15, 0.2) is 6.10 Å². The molecule has 0 saturated carbocycles. The summed E-state index contributed by atoms with van der Waals surface area (Å²) in [6.45, 7) is 2.66. The summed E-state index contributed by atoms with van der Waals surface area (Å²) in [6.07, 6.45) is 0.992. The van der Waals surface area contributed by atoms with E-state index >= 15 is 0 Å². The quantitative estimate of drug-likeness (QED) is 0.512. The fourth-order valence-corrected chi connectivity index (χ4v) is 2.12. The zero-order valence-electron chi connectivity index (χ0n) is 11.2. The number of carbonyl (C=O) groups is 1. The molecule has 1 heterocycles. The Kier molecular flexibility index (Phi) is 4.04. The van der Waals surface area contributed by atoms with Crippen LogP contribution in [-0.2, 0) is 4.79 Å². The van der Waals surface area contributed by atoms with Crippen LogP contribution in [0.5, 0.6) is 5.75 Å². The molecular formula is C14H18N2O3. The van der Waals surface area contributed by atoms with Gasteiger partial charge in [0.25, 0.3) is 5.91 Å². The predicted octanol–water partition coefficient (Wildman–Crippen LogP) is 1.88. The lowest BCUT2D eigenvalue weighted by atomic mass is 10.1. The van der Waals surface area contributed by atoms with Crippen molar-refractivity contribution in [2.24, 2.45) is 5.16 Å². The lowest BCUT2D eigenvalue weighted by Crippen LogP contribution is -2.29. The highest BCUT2D eigenvalue weighted by Gasteiger charge is 2.30. The number of likely N-dealkylation sites (N-methyl/N-ethyl adjacent to an activating group) is 1. The van der Waals surface area contributed by atoms with E-state index in [9.17, 15) is 4.79 Å². The van der Waals surface area contributed by atoms with E-state index in [1.165, 1.54) is 0 Å². The molecule has 1 saturated heterocycles. The number of nitrogens with zero attached hydrogens (tertiary/aromatic N) is 2. The standard InChI is InChI=1S/C14H18N2O3/c1-3-12(15-18)10-4-6-11(7-5-10)19-13-8-9-16(2)14(13)17/h4-7,13,18H,3,8-9H2,1-2H3. The molecule has 0 aliphatic carbocycles. The minimum Gasteiger partial charge on any atom is -0.481 e. The Morgan fingerprint density at radius 3 is 2.63 bits per heavy atom. The number of rotatable bonds is 4. The van der Waals surface area contributed by atoms with Crippen molar-refractivity contribution in [1.29, 1.82) is 0 Å². The number of amides is 1. The highest BCUT2D eigenvalue weighted by molar-refractivity contribution is 6.00. The number of benzene rings is 1. The van der Waals surface area contributed by atoms with Gasteiger partial charge in [-0.1, -0.05) is 12.1 Å². The number of hydrogen-bond donors (Lipinski definition) is 1. The number of oxime groups is 1. The maximum absolute atomic E-state index is 11.7. The van der Waals surface area contributed by atoms with Crippen molar-refractivity contribution >= 4 is 11.6 Å². The highest BCUT2D eigenvalue weighted by Crippen LogP contribution is 2.19. The van der Waals surface area contributed by atoms with Crippen molar-refractivity contribution in [3.05, 3.63) is 29.8 Å². The average Bonchev–Trinajstić information content (AvgIpc) is 2.74. The summed E-state index contributed by atoms with van der Waals surface area (Å²) in [6, 6.07) is 7.25. The molecule has 5 nitrogen and oxygen atoms in total. The molecule has 1 aliphatic heterocycles. The first kappa shape index (κ1) is 13.4. The fraction of sp³-hybridized carbons (Fsp3) is 0.429. The first-order valence-electron chi connectivity index (χ1n) is 6.38. The van der Waals surface area contributed by atoms with E-state index in [0.717, 1.165) is 18.5 Å². The second-order valence-electron chi connectivity index (χ2n) is 4.58. The van der Waals surface area contributed by atoms with Gasteiger partial charge in [-0.2, -0.15) is 0 Å². The van der Waals surface area contributed by atoms with Gasteiger partial charge in [0.05, 0.1) is 5.71 Å². The molecule has 1 fully saturated rings. The fourth-order valence-electron chi connectivity index (χ4n) is 2.12. The molecular weight excluding hydrogens is 244 g/mol. The van der Waals surface area contributed by atoms with Crippen LogP contribution in [0.15, 0.2) is 29.4 Å². The van der Waals surface area contributed by atoms with Crippen LogP contribution in [0, 0.1) is 0 Å². The van der Waals surface area contributed by atoms with Crippen LogP contribution in [0.25, 0.3) is 0 Å². The Labute approximate surface area is 112 Å². The van der Waals surface area contributed by atoms with Crippen LogP contribution >= 0.6 is 0 Å². The van der Waals surface area contributed by atoms with Crippen molar-refractivity contribution in [3.8, 4) is 5.75 Å². The predicted molar refractivity (Wildman–Crippen MR) is 71.7 cm³/mol. The van der Waals surface area contributed by atoms with Gasteiger partial charge in [-0.15, -0.1) is 0 Å². The van der Waals surface area contributed by atoms with Crippen LogP contribution in [0.1, 0.15) is 25.3 Å². The first-order chi connectivity index (χ1) is 9.15. The zero-order chi connectivity index (χ0) is 13.8. The van der Waals surface area contributed by atoms with Gasteiger partial charge in [-0.05, 0) is 36.2 Å². The molecule has 1 aromatic rings. The molecule has 1 atom stereocenters. The van der Waals surface area contributed by atoms with E-state index in [1.807, 2.05) is 19.1 Å². The topological polar surface area (TPSA) is 62.1 Å². The van der Waals surface area contributed by atoms with E-state index in [2.05, 4.69) is 5.16 Å². The maximum atomic E-state index is 11.7. The number of carbonyl (C=O) groups excluding carboxylic acids is 1. The minimum atomic E-state index is -0.381. The monoisotopic (exact) mass is 262 g/mol. The Bertz CT molecular complexity index is 482. The summed E-state index contributed by atoms with van der Waals surface area (Å²) in [7, 11) is 1.78. The lowest BCUT2D eigenvalue weighted by Gasteiger charge is -2.13. The summed E-state index contributed by atoms with van der Waals surface area (Å²) >= 11 is 0. The molecule has 5 heteroatoms. The average molecular weight is 262 g/mol. The zero-order valence-corrected chi connectivity index (χ0v) is 11.2. The second-order valence-corrected chi connectivity index (χ2v) is 4.58. The second kappa shape index (κ2) is 5.73. The van der Waals surface area contributed by atoms with Crippen LogP contribution in [0.3, 0.4) is 0 Å². The molecule has 0 spiro atoms. The number of likely N-dealkylation sites (tertiary alicyclic amines) is 1. The van der Waals surface area contributed by atoms with Gasteiger partial charge in [-0.25, -0.2) is 0 Å². The smallest absolute Gasteiger partial charge is 0.263 e. The summed E-state index contributed by atoms with van der Waals surface area (Å²) in [4.78, 5) is 13.4. The van der Waals surface area contributed by atoms with E-state index in [1.54, 1.807) is 24.1 Å². The molecule has 1 N–H and O–H groups in total. The maximum Gasteiger partial charge on any atom is 0.263 e. The van der Waals surface area contributed by atoms with E-state index in [0.29, 0.717) is 17.9 Å². The lowest BCUT2D eigenvalue weighted by molar-refractivity contribution is -0.132. The van der Waals surface area contributed by atoms with Crippen LogP contribution in [-0.4, -0.2) is 41.4 Å². The molecule has 19 heavy (non-hydrogen) atoms. The van der Waals surface area contributed by atoms with Crippen LogP contribution < -0.4 is 4.74 Å². The number of ether oxygens (including phenoxy) is 1. The molecule has 2 rings (SSSR count). The van der Waals surface area contributed by atoms with Crippen LogP contribution in [0.2, 0.25) is 0 Å². The van der Waals surface area contributed by atoms with Gasteiger partial charge in [0, 0.05) is 20.0 Å². The third-order valence-corrected chi connectivity index (χ3v) is 3.30.